The molecule has 1 unspecified atom stereocenters. The van der Waals surface area contributed by atoms with Crippen LogP contribution in [0.3, 0.4) is 0 Å². The second kappa shape index (κ2) is 11.6. The van der Waals surface area contributed by atoms with Crippen molar-refractivity contribution in [3.8, 4) is 5.75 Å². The molecule has 0 saturated carbocycles. The number of rotatable bonds is 12. The number of para-hydroxylation sites is 1. The molecule has 0 bridgehead atoms. The van der Waals surface area contributed by atoms with Crippen LogP contribution in [0.25, 0.3) is 0 Å². The molecule has 0 saturated heterocycles. The number of hydrogen-bond donors (Lipinski definition) is 1. The number of thiazole rings is 1. The Morgan fingerprint density at radius 3 is 2.53 bits per heavy atom. The van der Waals surface area contributed by atoms with Crippen LogP contribution in [0.1, 0.15) is 65.6 Å². The molecule has 0 aliphatic carbocycles. The van der Waals surface area contributed by atoms with E-state index >= 15 is 0 Å². The number of nitrogens with zero attached hydrogens (tertiary/aromatic N) is 3. The minimum absolute atomic E-state index is 0.0999. The Morgan fingerprint density at radius 1 is 1.21 bits per heavy atom. The molecule has 1 aromatic carbocycles. The third kappa shape index (κ3) is 5.33. The summed E-state index contributed by atoms with van der Waals surface area (Å²) in [4.78, 5) is 35.6. The number of carbonyl (C=O) groups is 2. The normalized spacial score (nSPS) is 16.1. The van der Waals surface area contributed by atoms with Crippen molar-refractivity contribution >= 4 is 23.0 Å². The van der Waals surface area contributed by atoms with E-state index < -0.39 is 17.7 Å². The topological polar surface area (TPSA) is 83.0 Å². The number of amides is 1. The van der Waals surface area contributed by atoms with E-state index in [1.165, 1.54) is 11.3 Å². The number of aryl methyl sites for hydroxylation is 2. The molecule has 1 aromatic heterocycles. The largest absolute Gasteiger partial charge is 0.503 e. The zero-order valence-corrected chi connectivity index (χ0v) is 21.6. The molecule has 0 spiro atoms. The molecule has 2 aromatic rings. The first-order valence-electron chi connectivity index (χ1n) is 12.0. The number of aliphatic hydroxyl groups excluding tert-OH is 1. The van der Waals surface area contributed by atoms with Crippen molar-refractivity contribution in [2.45, 2.75) is 53.5 Å². The zero-order chi connectivity index (χ0) is 24.8. The van der Waals surface area contributed by atoms with Gasteiger partial charge in [-0.1, -0.05) is 45.4 Å². The number of benzene rings is 1. The summed E-state index contributed by atoms with van der Waals surface area (Å²) in [7, 11) is 0. The first kappa shape index (κ1) is 25.9. The van der Waals surface area contributed by atoms with Gasteiger partial charge in [-0.15, -0.1) is 11.3 Å². The van der Waals surface area contributed by atoms with Crippen LogP contribution in [0.15, 0.2) is 35.6 Å². The van der Waals surface area contributed by atoms with Crippen molar-refractivity contribution < 1.29 is 19.4 Å². The lowest BCUT2D eigenvalue weighted by Gasteiger charge is -2.30. The fraction of sp³-hybridized carbons (Fsp3) is 0.500. The molecule has 34 heavy (non-hydrogen) atoms. The molecule has 1 atom stereocenters. The van der Waals surface area contributed by atoms with Crippen LogP contribution in [-0.4, -0.2) is 64.4 Å². The number of carbonyl (C=O) groups excluding carboxylic acids is 2. The lowest BCUT2D eigenvalue weighted by atomic mass is 9.94. The standard InChI is InChI=1S/C26H35N3O4S/c1-6-9-16-33-20-13-11-10-12-19(20)22-21(23(30)25-17(4)27-18(5)34-25)24(31)26(32)29(22)15-14-28(7-2)8-3/h10-13,22,31H,6-9,14-16H2,1-5H3. The lowest BCUT2D eigenvalue weighted by Crippen LogP contribution is -2.38. The van der Waals surface area contributed by atoms with Crippen molar-refractivity contribution in [1.82, 2.24) is 14.8 Å². The van der Waals surface area contributed by atoms with Gasteiger partial charge in [0, 0.05) is 18.7 Å². The average Bonchev–Trinajstić information content (AvgIpc) is 3.30. The van der Waals surface area contributed by atoms with Crippen molar-refractivity contribution in [3.05, 3.63) is 56.7 Å². The molecule has 1 aliphatic rings. The minimum atomic E-state index is -0.727. The van der Waals surface area contributed by atoms with Crippen LogP contribution in [0, 0.1) is 13.8 Å². The summed E-state index contributed by atoms with van der Waals surface area (Å²) in [5.41, 5.74) is 1.41. The van der Waals surface area contributed by atoms with E-state index in [9.17, 15) is 14.7 Å². The van der Waals surface area contributed by atoms with Gasteiger partial charge in [-0.05, 0) is 39.4 Å². The fourth-order valence-corrected chi connectivity index (χ4v) is 5.13. The summed E-state index contributed by atoms with van der Waals surface area (Å²) in [5.74, 6) is -0.738. The smallest absolute Gasteiger partial charge is 0.290 e. The van der Waals surface area contributed by atoms with Crippen molar-refractivity contribution in [2.24, 2.45) is 0 Å². The molecule has 0 radical (unpaired) electrons. The second-order valence-electron chi connectivity index (χ2n) is 8.41. The molecule has 8 heteroatoms. The molecular weight excluding hydrogens is 450 g/mol. The number of aromatic nitrogens is 1. The fourth-order valence-electron chi connectivity index (χ4n) is 4.26. The summed E-state index contributed by atoms with van der Waals surface area (Å²) in [6.45, 7) is 13.1. The van der Waals surface area contributed by atoms with Crippen LogP contribution in [0.2, 0.25) is 0 Å². The minimum Gasteiger partial charge on any atom is -0.503 e. The molecule has 1 N–H and O–H groups in total. The first-order valence-corrected chi connectivity index (χ1v) is 12.8. The van der Waals surface area contributed by atoms with Gasteiger partial charge in [0.25, 0.3) is 5.91 Å². The van der Waals surface area contributed by atoms with Gasteiger partial charge in [0.1, 0.15) is 5.75 Å². The average molecular weight is 486 g/mol. The zero-order valence-electron chi connectivity index (χ0n) is 20.8. The van der Waals surface area contributed by atoms with Crippen LogP contribution < -0.4 is 4.74 Å². The molecule has 7 nitrogen and oxygen atoms in total. The van der Waals surface area contributed by atoms with E-state index in [0.29, 0.717) is 41.6 Å². The number of hydrogen-bond acceptors (Lipinski definition) is 7. The van der Waals surface area contributed by atoms with Crippen LogP contribution in [-0.2, 0) is 4.79 Å². The van der Waals surface area contributed by atoms with E-state index in [-0.39, 0.29) is 11.4 Å². The Morgan fingerprint density at radius 2 is 1.91 bits per heavy atom. The summed E-state index contributed by atoms with van der Waals surface area (Å²) < 4.78 is 6.06. The number of likely N-dealkylation sites (N-methyl/N-ethyl adjacent to an activating group) is 1. The predicted octanol–water partition coefficient (Wildman–Crippen LogP) is 4.86. The maximum absolute atomic E-state index is 13.7. The predicted molar refractivity (Wildman–Crippen MR) is 135 cm³/mol. The number of unbranched alkanes of at least 4 members (excludes halogenated alkanes) is 1. The number of Topliss-reactive ketones (excluding diaryl/α,β-unsaturated/α-hetero) is 1. The van der Waals surface area contributed by atoms with Gasteiger partial charge in [-0.3, -0.25) is 9.59 Å². The lowest BCUT2D eigenvalue weighted by molar-refractivity contribution is -0.129. The van der Waals surface area contributed by atoms with E-state index in [1.54, 1.807) is 11.8 Å². The van der Waals surface area contributed by atoms with E-state index in [0.717, 1.165) is 30.9 Å². The van der Waals surface area contributed by atoms with E-state index in [4.69, 9.17) is 4.74 Å². The van der Waals surface area contributed by atoms with Gasteiger partial charge in [0.15, 0.2) is 5.76 Å². The third-order valence-corrected chi connectivity index (χ3v) is 7.25. The molecule has 1 amide bonds. The van der Waals surface area contributed by atoms with Gasteiger partial charge in [0.05, 0.1) is 33.8 Å². The summed E-state index contributed by atoms with van der Waals surface area (Å²) >= 11 is 1.28. The highest BCUT2D eigenvalue weighted by Crippen LogP contribution is 2.43. The quantitative estimate of drug-likeness (QED) is 0.342. The summed E-state index contributed by atoms with van der Waals surface area (Å²) in [6, 6.07) is 6.76. The Balaban J connectivity index is 2.07. The Kier molecular flexibility index (Phi) is 8.85. The Bertz CT molecular complexity index is 1060. The molecule has 0 fully saturated rings. The Labute approximate surface area is 206 Å². The highest BCUT2D eigenvalue weighted by atomic mass is 32.1. The van der Waals surface area contributed by atoms with Crippen molar-refractivity contribution in [1.29, 1.82) is 0 Å². The van der Waals surface area contributed by atoms with Crippen LogP contribution in [0.4, 0.5) is 0 Å². The van der Waals surface area contributed by atoms with Gasteiger partial charge in [0.2, 0.25) is 5.78 Å². The molecular formula is C26H35N3O4S. The monoisotopic (exact) mass is 485 g/mol. The molecule has 1 aliphatic heterocycles. The Hall–Kier alpha value is -2.71. The number of ether oxygens (including phenoxy) is 1. The molecule has 2 heterocycles. The highest BCUT2D eigenvalue weighted by molar-refractivity contribution is 7.14. The summed E-state index contributed by atoms with van der Waals surface area (Å²) in [5, 5.41) is 11.7. The first-order chi connectivity index (χ1) is 16.3. The number of aliphatic hydroxyl groups is 1. The van der Waals surface area contributed by atoms with Crippen molar-refractivity contribution in [3.63, 3.8) is 0 Å². The molecule has 184 valence electrons. The maximum atomic E-state index is 13.7. The van der Waals surface area contributed by atoms with Gasteiger partial charge in [-0.25, -0.2) is 4.98 Å². The van der Waals surface area contributed by atoms with Crippen LogP contribution in [0.5, 0.6) is 5.75 Å². The third-order valence-electron chi connectivity index (χ3n) is 6.18. The molecule has 3 rings (SSSR count). The SMILES string of the molecule is CCCCOc1ccccc1C1C(C(=O)c2sc(C)nc2C)=C(O)C(=O)N1CCN(CC)CC. The second-order valence-corrected chi connectivity index (χ2v) is 9.61. The van der Waals surface area contributed by atoms with Gasteiger partial charge >= 0.3 is 0 Å². The maximum Gasteiger partial charge on any atom is 0.290 e. The van der Waals surface area contributed by atoms with E-state index in [1.807, 2.05) is 31.2 Å². The van der Waals surface area contributed by atoms with Crippen molar-refractivity contribution in [2.75, 3.05) is 32.8 Å². The van der Waals surface area contributed by atoms with E-state index in [2.05, 4.69) is 30.7 Å². The van der Waals surface area contributed by atoms with Gasteiger partial charge in [-0.2, -0.15) is 0 Å². The van der Waals surface area contributed by atoms with Gasteiger partial charge < -0.3 is 19.6 Å². The summed E-state index contributed by atoms with van der Waals surface area (Å²) in [6.07, 6.45) is 1.89. The highest BCUT2D eigenvalue weighted by Gasteiger charge is 2.45. The van der Waals surface area contributed by atoms with Crippen LogP contribution >= 0.6 is 11.3 Å². The number of ketones is 1.